The minimum absolute atomic E-state index is 0.118. The topological polar surface area (TPSA) is 61.4 Å². The van der Waals surface area contributed by atoms with E-state index in [0.717, 1.165) is 48.4 Å². The van der Waals surface area contributed by atoms with Crippen LogP contribution >= 0.6 is 0 Å². The first-order chi connectivity index (χ1) is 12.5. The number of rotatable bonds is 4. The van der Waals surface area contributed by atoms with E-state index in [0.29, 0.717) is 18.1 Å². The van der Waals surface area contributed by atoms with Gasteiger partial charge in [-0.1, -0.05) is 13.8 Å². The third kappa shape index (κ3) is 2.86. The maximum Gasteiger partial charge on any atom is 0.191 e. The lowest BCUT2D eigenvalue weighted by Crippen LogP contribution is -2.68. The van der Waals surface area contributed by atoms with Crippen molar-refractivity contribution in [1.82, 2.24) is 15.6 Å². The number of fused-ring (bicyclic) bond motifs is 2. The van der Waals surface area contributed by atoms with Gasteiger partial charge in [0.1, 0.15) is 5.82 Å². The summed E-state index contributed by atoms with van der Waals surface area (Å²) in [4.78, 5) is 7.57. The Balaban J connectivity index is 1.35. The highest BCUT2D eigenvalue weighted by molar-refractivity contribution is 5.83. The molecule has 1 saturated carbocycles. The highest BCUT2D eigenvalue weighted by atomic mass is 19.1. The lowest BCUT2D eigenvalue weighted by molar-refractivity contribution is -0.106. The van der Waals surface area contributed by atoms with Gasteiger partial charge in [-0.15, -0.1) is 0 Å². The number of nitrogens with one attached hydrogen (secondary N) is 3. The Morgan fingerprint density at radius 2 is 2.27 bits per heavy atom. The maximum atomic E-state index is 13.5. The number of aliphatic imine (C=N–C) groups is 1. The molecule has 1 aliphatic heterocycles. The molecule has 3 N–H and O–H groups in total. The van der Waals surface area contributed by atoms with Gasteiger partial charge in [-0.25, -0.2) is 4.39 Å². The molecule has 5 nitrogen and oxygen atoms in total. The van der Waals surface area contributed by atoms with Crippen molar-refractivity contribution in [3.8, 4) is 0 Å². The van der Waals surface area contributed by atoms with Gasteiger partial charge in [-0.05, 0) is 36.6 Å². The van der Waals surface area contributed by atoms with E-state index < -0.39 is 0 Å². The summed E-state index contributed by atoms with van der Waals surface area (Å²) >= 11 is 0. The summed E-state index contributed by atoms with van der Waals surface area (Å²) in [7, 11) is 1.80. The zero-order chi connectivity index (χ0) is 18.3. The molecule has 3 atom stereocenters. The monoisotopic (exact) mass is 358 g/mol. The number of guanidine groups is 1. The van der Waals surface area contributed by atoms with Gasteiger partial charge in [0.25, 0.3) is 0 Å². The zero-order valence-electron chi connectivity index (χ0n) is 15.6. The summed E-state index contributed by atoms with van der Waals surface area (Å²) in [5.41, 5.74) is 2.19. The lowest BCUT2D eigenvalue weighted by Gasteiger charge is -2.54. The van der Waals surface area contributed by atoms with Crippen molar-refractivity contribution in [3.05, 3.63) is 35.8 Å². The Labute approximate surface area is 153 Å². The van der Waals surface area contributed by atoms with Crippen molar-refractivity contribution >= 4 is 16.9 Å². The number of aromatic amines is 1. The zero-order valence-corrected chi connectivity index (χ0v) is 15.6. The van der Waals surface area contributed by atoms with Crippen molar-refractivity contribution in [3.63, 3.8) is 0 Å². The fourth-order valence-electron chi connectivity index (χ4n) is 4.63. The van der Waals surface area contributed by atoms with Crippen LogP contribution in [0, 0.1) is 17.2 Å². The normalized spacial score (nSPS) is 27.2. The van der Waals surface area contributed by atoms with Gasteiger partial charge in [0.2, 0.25) is 0 Å². The molecule has 1 saturated heterocycles. The van der Waals surface area contributed by atoms with Crippen LogP contribution in [0.15, 0.2) is 29.4 Å². The second-order valence-corrected chi connectivity index (χ2v) is 7.94. The molecule has 4 rings (SSSR count). The van der Waals surface area contributed by atoms with E-state index >= 15 is 0 Å². The fourth-order valence-corrected chi connectivity index (χ4v) is 4.63. The highest BCUT2D eigenvalue weighted by Crippen LogP contribution is 2.52. The van der Waals surface area contributed by atoms with E-state index in [4.69, 9.17) is 4.74 Å². The quantitative estimate of drug-likeness (QED) is 0.582. The van der Waals surface area contributed by atoms with E-state index in [2.05, 4.69) is 34.5 Å². The number of halogens is 1. The first kappa shape index (κ1) is 17.3. The molecule has 140 valence electrons. The summed E-state index contributed by atoms with van der Waals surface area (Å²) in [6.45, 7) is 6.11. The highest BCUT2D eigenvalue weighted by Gasteiger charge is 2.59. The molecular formula is C20H27FN4O. The summed E-state index contributed by atoms with van der Waals surface area (Å²) in [5, 5.41) is 7.92. The van der Waals surface area contributed by atoms with Crippen molar-refractivity contribution in [1.29, 1.82) is 0 Å². The maximum absolute atomic E-state index is 13.5. The van der Waals surface area contributed by atoms with Crippen LogP contribution < -0.4 is 10.6 Å². The van der Waals surface area contributed by atoms with Crippen molar-refractivity contribution < 1.29 is 9.13 Å². The largest absolute Gasteiger partial charge is 0.377 e. The first-order valence-corrected chi connectivity index (χ1v) is 9.35. The van der Waals surface area contributed by atoms with Crippen molar-refractivity contribution in [2.75, 3.05) is 20.2 Å². The standard InChI is InChI=1S/C20H27FN4O/c1-20(2)17(14-7-9-26-18(14)20)25-19(22-3)23-8-6-12-11-24-16-5-4-13(21)10-15(12)16/h4-5,10-11,14,17-18,24H,6-9H2,1-3H3,(H2,22,23,25). The number of nitrogens with zero attached hydrogens (tertiary/aromatic N) is 1. The minimum Gasteiger partial charge on any atom is -0.377 e. The summed E-state index contributed by atoms with van der Waals surface area (Å²) in [6, 6.07) is 5.22. The van der Waals surface area contributed by atoms with Crippen molar-refractivity contribution in [2.24, 2.45) is 16.3 Å². The van der Waals surface area contributed by atoms with Gasteiger partial charge in [0.15, 0.2) is 5.96 Å². The molecule has 3 unspecified atom stereocenters. The summed E-state index contributed by atoms with van der Waals surface area (Å²) in [6.07, 6.45) is 4.23. The molecule has 2 fully saturated rings. The Morgan fingerprint density at radius 1 is 1.42 bits per heavy atom. The molecule has 0 spiro atoms. The Bertz CT molecular complexity index is 828. The number of hydrogen-bond acceptors (Lipinski definition) is 2. The third-order valence-electron chi connectivity index (χ3n) is 6.03. The molecule has 26 heavy (non-hydrogen) atoms. The number of ether oxygens (including phenoxy) is 1. The molecule has 0 amide bonds. The second kappa shape index (κ2) is 6.58. The molecule has 0 bridgehead atoms. The SMILES string of the molecule is CN=C(NCCc1c[nH]c2ccc(F)cc12)NC1C2CCOC2C1(C)C. The van der Waals surface area contributed by atoms with Crippen LogP contribution in [0.2, 0.25) is 0 Å². The van der Waals surface area contributed by atoms with Crippen LogP contribution in [0.25, 0.3) is 10.9 Å². The molecular weight excluding hydrogens is 331 g/mol. The number of aromatic nitrogens is 1. The molecule has 0 radical (unpaired) electrons. The van der Waals surface area contributed by atoms with Gasteiger partial charge in [0, 0.05) is 54.7 Å². The molecule has 2 aromatic rings. The number of benzene rings is 1. The fraction of sp³-hybridized carbons (Fsp3) is 0.550. The molecule has 2 heterocycles. The summed E-state index contributed by atoms with van der Waals surface area (Å²) < 4.78 is 19.4. The van der Waals surface area contributed by atoms with Gasteiger partial charge in [0.05, 0.1) is 6.10 Å². The predicted molar refractivity (Wildman–Crippen MR) is 102 cm³/mol. The average molecular weight is 358 g/mol. The Hall–Kier alpha value is -2.08. The average Bonchev–Trinajstić information content (AvgIpc) is 3.23. The van der Waals surface area contributed by atoms with Gasteiger partial charge < -0.3 is 20.4 Å². The smallest absolute Gasteiger partial charge is 0.191 e. The van der Waals surface area contributed by atoms with Gasteiger partial charge in [-0.2, -0.15) is 0 Å². The predicted octanol–water partition coefficient (Wildman–Crippen LogP) is 2.83. The molecule has 6 heteroatoms. The van der Waals surface area contributed by atoms with Gasteiger partial charge >= 0.3 is 0 Å². The lowest BCUT2D eigenvalue weighted by atomic mass is 9.57. The number of hydrogen-bond donors (Lipinski definition) is 3. The van der Waals surface area contributed by atoms with E-state index in [1.807, 2.05) is 6.20 Å². The second-order valence-electron chi connectivity index (χ2n) is 7.94. The van der Waals surface area contributed by atoms with Gasteiger partial charge in [-0.3, -0.25) is 4.99 Å². The van der Waals surface area contributed by atoms with Crippen LogP contribution in [0.5, 0.6) is 0 Å². The first-order valence-electron chi connectivity index (χ1n) is 9.35. The van der Waals surface area contributed by atoms with E-state index in [1.165, 1.54) is 6.07 Å². The Morgan fingerprint density at radius 3 is 3.08 bits per heavy atom. The van der Waals surface area contributed by atoms with E-state index in [1.54, 1.807) is 19.2 Å². The van der Waals surface area contributed by atoms with Crippen molar-refractivity contribution in [2.45, 2.75) is 38.8 Å². The molecule has 1 aromatic carbocycles. The molecule has 2 aliphatic rings. The third-order valence-corrected chi connectivity index (χ3v) is 6.03. The Kier molecular flexibility index (Phi) is 4.39. The van der Waals surface area contributed by atoms with Crippen LogP contribution in [0.4, 0.5) is 4.39 Å². The van der Waals surface area contributed by atoms with E-state index in [9.17, 15) is 4.39 Å². The van der Waals surface area contributed by atoms with Crippen LogP contribution in [-0.2, 0) is 11.2 Å². The van der Waals surface area contributed by atoms with Crippen LogP contribution in [-0.4, -0.2) is 43.3 Å². The number of H-pyrrole nitrogens is 1. The minimum atomic E-state index is -0.204. The van der Waals surface area contributed by atoms with E-state index in [-0.39, 0.29) is 11.2 Å². The van der Waals surface area contributed by atoms with Crippen LogP contribution in [0.3, 0.4) is 0 Å². The molecule has 1 aromatic heterocycles. The van der Waals surface area contributed by atoms with Crippen LogP contribution in [0.1, 0.15) is 25.8 Å². The summed E-state index contributed by atoms with van der Waals surface area (Å²) in [5.74, 6) is 1.18. The molecule has 1 aliphatic carbocycles.